The Hall–Kier alpha value is -3.94. The number of ether oxygens (including phenoxy) is 1. The summed E-state index contributed by atoms with van der Waals surface area (Å²) in [5.74, 6) is -1.14. The Bertz CT molecular complexity index is 1480. The third-order valence-electron chi connectivity index (χ3n) is 5.04. The van der Waals surface area contributed by atoms with Crippen LogP contribution < -0.4 is 10.6 Å². The van der Waals surface area contributed by atoms with Gasteiger partial charge in [0.1, 0.15) is 12.4 Å². The number of thiazole rings is 1. The van der Waals surface area contributed by atoms with Gasteiger partial charge in [0.2, 0.25) is 10.0 Å². The molecular weight excluding hydrogens is 504 g/mol. The third kappa shape index (κ3) is 6.00. The lowest BCUT2D eigenvalue weighted by atomic mass is 10.1. The quantitative estimate of drug-likeness (QED) is 0.338. The van der Waals surface area contributed by atoms with Crippen LogP contribution in [-0.4, -0.2) is 65.2 Å². The maximum Gasteiger partial charge on any atom is 0.253 e. The maximum atomic E-state index is 12.9. The van der Waals surface area contributed by atoms with Crippen molar-refractivity contribution in [2.24, 2.45) is 0 Å². The zero-order chi connectivity index (χ0) is 25.7. The molecule has 186 valence electrons. The summed E-state index contributed by atoms with van der Waals surface area (Å²) < 4.78 is 29.3. The standard InChI is InChI=1S/C23H22N6O5S2/c1-34-12-19(26-21(30)17-7-9-29(11-17)36(2,32)33)22(31)28-23-27-20(13-35-23)16-5-3-4-15(10-16)18-6-8-24-14-25-18/h3-11,13-14,19H,12H2,1-2H3,(H,26,30)(H,27,28,31). The van der Waals surface area contributed by atoms with Crippen LogP contribution in [-0.2, 0) is 19.6 Å². The van der Waals surface area contributed by atoms with Crippen molar-refractivity contribution < 1.29 is 22.7 Å². The average molecular weight is 527 g/mol. The van der Waals surface area contributed by atoms with Crippen molar-refractivity contribution in [1.82, 2.24) is 24.2 Å². The van der Waals surface area contributed by atoms with Crippen molar-refractivity contribution in [2.45, 2.75) is 6.04 Å². The molecule has 3 aromatic heterocycles. The van der Waals surface area contributed by atoms with Gasteiger partial charge < -0.3 is 15.4 Å². The molecule has 3 heterocycles. The van der Waals surface area contributed by atoms with Gasteiger partial charge in [0.05, 0.1) is 29.8 Å². The van der Waals surface area contributed by atoms with Gasteiger partial charge in [0, 0.05) is 42.2 Å². The summed E-state index contributed by atoms with van der Waals surface area (Å²) in [5.41, 5.74) is 3.29. The van der Waals surface area contributed by atoms with E-state index in [-0.39, 0.29) is 12.2 Å². The van der Waals surface area contributed by atoms with Gasteiger partial charge in [-0.2, -0.15) is 0 Å². The molecule has 2 amide bonds. The van der Waals surface area contributed by atoms with E-state index < -0.39 is 27.9 Å². The number of amides is 2. The van der Waals surface area contributed by atoms with Gasteiger partial charge in [-0.3, -0.25) is 13.6 Å². The second-order valence-electron chi connectivity index (χ2n) is 7.68. The van der Waals surface area contributed by atoms with E-state index in [1.165, 1.54) is 43.2 Å². The fraction of sp³-hybridized carbons (Fsp3) is 0.174. The van der Waals surface area contributed by atoms with E-state index in [1.54, 1.807) is 6.20 Å². The molecule has 0 saturated carbocycles. The van der Waals surface area contributed by atoms with Gasteiger partial charge in [-0.15, -0.1) is 11.3 Å². The molecule has 1 aromatic carbocycles. The van der Waals surface area contributed by atoms with E-state index in [4.69, 9.17) is 4.74 Å². The van der Waals surface area contributed by atoms with Crippen LogP contribution >= 0.6 is 11.3 Å². The lowest BCUT2D eigenvalue weighted by Gasteiger charge is -2.16. The Labute approximate surface area is 211 Å². The first kappa shape index (κ1) is 25.2. The summed E-state index contributed by atoms with van der Waals surface area (Å²) >= 11 is 1.24. The molecule has 13 heteroatoms. The molecule has 0 bridgehead atoms. The topological polar surface area (TPSA) is 145 Å². The van der Waals surface area contributed by atoms with E-state index in [0.717, 1.165) is 27.0 Å². The van der Waals surface area contributed by atoms with Gasteiger partial charge in [0.25, 0.3) is 11.8 Å². The molecule has 0 aliphatic carbocycles. The molecule has 0 spiro atoms. The van der Waals surface area contributed by atoms with Crippen LogP contribution in [0.2, 0.25) is 0 Å². The summed E-state index contributed by atoms with van der Waals surface area (Å²) in [4.78, 5) is 38.1. The summed E-state index contributed by atoms with van der Waals surface area (Å²) in [6.45, 7) is -0.0937. The van der Waals surface area contributed by atoms with Gasteiger partial charge in [0.15, 0.2) is 5.13 Å². The molecule has 0 aliphatic heterocycles. The largest absolute Gasteiger partial charge is 0.382 e. The van der Waals surface area contributed by atoms with Crippen LogP contribution in [0, 0.1) is 0 Å². The van der Waals surface area contributed by atoms with Gasteiger partial charge in [-0.05, 0) is 18.2 Å². The first-order chi connectivity index (χ1) is 17.2. The lowest BCUT2D eigenvalue weighted by Crippen LogP contribution is -2.46. The third-order valence-corrected chi connectivity index (χ3v) is 6.79. The molecule has 36 heavy (non-hydrogen) atoms. The van der Waals surface area contributed by atoms with Crippen LogP contribution in [0.1, 0.15) is 10.4 Å². The minimum absolute atomic E-state index is 0.0921. The highest BCUT2D eigenvalue weighted by molar-refractivity contribution is 7.89. The van der Waals surface area contributed by atoms with Crippen LogP contribution in [0.3, 0.4) is 0 Å². The van der Waals surface area contributed by atoms with Crippen molar-refractivity contribution in [3.63, 3.8) is 0 Å². The number of methoxy groups -OCH3 is 1. The molecule has 0 fully saturated rings. The number of carbonyl (C=O) groups is 2. The van der Waals surface area contributed by atoms with Crippen LogP contribution in [0.4, 0.5) is 5.13 Å². The predicted molar refractivity (Wildman–Crippen MR) is 135 cm³/mol. The zero-order valence-corrected chi connectivity index (χ0v) is 20.9. The molecular formula is C23H22N6O5S2. The molecule has 0 saturated heterocycles. The fourth-order valence-electron chi connectivity index (χ4n) is 3.26. The molecule has 0 radical (unpaired) electrons. The highest BCUT2D eigenvalue weighted by atomic mass is 32.2. The highest BCUT2D eigenvalue weighted by Gasteiger charge is 2.23. The first-order valence-corrected chi connectivity index (χ1v) is 13.3. The Morgan fingerprint density at radius 2 is 1.94 bits per heavy atom. The van der Waals surface area contributed by atoms with Crippen LogP contribution in [0.5, 0.6) is 0 Å². The number of nitrogens with one attached hydrogen (secondary N) is 2. The van der Waals surface area contributed by atoms with E-state index in [9.17, 15) is 18.0 Å². The number of rotatable bonds is 9. The number of nitrogens with zero attached hydrogens (tertiary/aromatic N) is 4. The smallest absolute Gasteiger partial charge is 0.253 e. The Morgan fingerprint density at radius 3 is 2.61 bits per heavy atom. The monoisotopic (exact) mass is 526 g/mol. The number of carbonyl (C=O) groups excluding carboxylic acids is 2. The van der Waals surface area contributed by atoms with E-state index in [0.29, 0.717) is 10.8 Å². The summed E-state index contributed by atoms with van der Waals surface area (Å²) in [7, 11) is -2.13. The van der Waals surface area contributed by atoms with Gasteiger partial charge >= 0.3 is 0 Å². The SMILES string of the molecule is COCC(NC(=O)c1ccn(S(C)(=O)=O)c1)C(=O)Nc1nc(-c2cccc(-c3ccncn3)c2)cs1. The minimum Gasteiger partial charge on any atom is -0.382 e. The van der Waals surface area contributed by atoms with Crippen molar-refractivity contribution in [1.29, 1.82) is 0 Å². The zero-order valence-electron chi connectivity index (χ0n) is 19.3. The van der Waals surface area contributed by atoms with E-state index in [1.807, 2.05) is 35.7 Å². The lowest BCUT2D eigenvalue weighted by molar-refractivity contribution is -0.119. The number of aromatic nitrogens is 4. The molecule has 1 atom stereocenters. The molecule has 1 unspecified atom stereocenters. The summed E-state index contributed by atoms with van der Waals surface area (Å²) in [6.07, 6.45) is 6.60. The second-order valence-corrected chi connectivity index (χ2v) is 10.4. The first-order valence-electron chi connectivity index (χ1n) is 10.6. The molecule has 2 N–H and O–H groups in total. The Kier molecular flexibility index (Phi) is 7.52. The summed E-state index contributed by atoms with van der Waals surface area (Å²) in [6, 6.07) is 9.81. The fourth-order valence-corrected chi connectivity index (χ4v) is 4.57. The van der Waals surface area contributed by atoms with Crippen molar-refractivity contribution in [3.8, 4) is 22.5 Å². The van der Waals surface area contributed by atoms with E-state index >= 15 is 0 Å². The minimum atomic E-state index is -3.53. The average Bonchev–Trinajstić information content (AvgIpc) is 3.55. The number of anilines is 1. The Morgan fingerprint density at radius 1 is 1.17 bits per heavy atom. The van der Waals surface area contributed by atoms with E-state index in [2.05, 4.69) is 25.6 Å². The van der Waals surface area contributed by atoms with Crippen molar-refractivity contribution >= 4 is 38.3 Å². The molecule has 4 aromatic rings. The number of benzene rings is 1. The van der Waals surface area contributed by atoms with Crippen LogP contribution in [0.25, 0.3) is 22.5 Å². The van der Waals surface area contributed by atoms with Crippen molar-refractivity contribution in [3.05, 3.63) is 72.3 Å². The maximum absolute atomic E-state index is 12.9. The summed E-state index contributed by atoms with van der Waals surface area (Å²) in [5, 5.41) is 7.43. The number of hydrogen-bond acceptors (Lipinski definition) is 9. The second kappa shape index (κ2) is 10.8. The van der Waals surface area contributed by atoms with Crippen LogP contribution in [0.15, 0.2) is 66.7 Å². The molecule has 11 nitrogen and oxygen atoms in total. The van der Waals surface area contributed by atoms with Gasteiger partial charge in [-0.25, -0.2) is 23.4 Å². The number of hydrogen-bond donors (Lipinski definition) is 2. The van der Waals surface area contributed by atoms with Crippen molar-refractivity contribution in [2.75, 3.05) is 25.3 Å². The molecule has 0 aliphatic rings. The normalized spacial score (nSPS) is 12.2. The van der Waals surface area contributed by atoms with Gasteiger partial charge in [-0.1, -0.05) is 18.2 Å². The highest BCUT2D eigenvalue weighted by Crippen LogP contribution is 2.28. The predicted octanol–water partition coefficient (Wildman–Crippen LogP) is 2.26. The molecule has 4 rings (SSSR count). The Balaban J connectivity index is 1.45.